The molecule has 2 aromatic carbocycles. The van der Waals surface area contributed by atoms with Crippen LogP contribution in [-0.2, 0) is 23.0 Å². The topological polar surface area (TPSA) is 59.1 Å². The number of aromatic nitrogens is 1. The molecule has 3 rings (SSSR count). The van der Waals surface area contributed by atoms with Crippen molar-refractivity contribution in [3.05, 3.63) is 81.1 Å². The van der Waals surface area contributed by atoms with Crippen molar-refractivity contribution >= 4 is 21.4 Å². The lowest BCUT2D eigenvalue weighted by atomic mass is 10.1. The van der Waals surface area contributed by atoms with Gasteiger partial charge < -0.3 is 0 Å². The maximum absolute atomic E-state index is 13.0. The van der Waals surface area contributed by atoms with Gasteiger partial charge in [-0.1, -0.05) is 29.8 Å². The van der Waals surface area contributed by atoms with Crippen molar-refractivity contribution in [2.24, 2.45) is 0 Å². The van der Waals surface area contributed by atoms with Crippen molar-refractivity contribution in [3.63, 3.8) is 0 Å². The Morgan fingerprint density at radius 1 is 1.12 bits per heavy atom. The van der Waals surface area contributed by atoms with E-state index < -0.39 is 10.0 Å². The SMILES string of the molecule is Cc1ccc(S(=O)(=O)NCc2ncc(Cc3ccc(F)cc3)s2)c(C)c1. The number of hydrogen-bond acceptors (Lipinski definition) is 4. The van der Waals surface area contributed by atoms with Gasteiger partial charge in [0.2, 0.25) is 10.0 Å². The van der Waals surface area contributed by atoms with Crippen LogP contribution >= 0.6 is 11.3 Å². The Kier molecular flexibility index (Phi) is 5.50. The summed E-state index contributed by atoms with van der Waals surface area (Å²) in [6.07, 6.45) is 2.37. The normalized spacial score (nSPS) is 11.7. The number of halogens is 1. The van der Waals surface area contributed by atoms with Crippen LogP contribution in [0.4, 0.5) is 4.39 Å². The molecule has 136 valence electrons. The van der Waals surface area contributed by atoms with Gasteiger partial charge in [-0.3, -0.25) is 0 Å². The molecule has 1 aromatic heterocycles. The molecule has 0 fully saturated rings. The predicted octanol–water partition coefficient (Wildman–Crippen LogP) is 3.97. The molecule has 0 aliphatic rings. The molecule has 26 heavy (non-hydrogen) atoms. The Bertz CT molecular complexity index is 1010. The lowest BCUT2D eigenvalue weighted by Gasteiger charge is -2.09. The van der Waals surface area contributed by atoms with Gasteiger partial charge >= 0.3 is 0 Å². The molecule has 1 N–H and O–H groups in total. The van der Waals surface area contributed by atoms with E-state index in [4.69, 9.17) is 0 Å². The second-order valence-electron chi connectivity index (χ2n) is 6.12. The molecule has 0 atom stereocenters. The highest BCUT2D eigenvalue weighted by Crippen LogP contribution is 2.20. The van der Waals surface area contributed by atoms with E-state index in [-0.39, 0.29) is 17.3 Å². The molecule has 0 bridgehead atoms. The number of nitrogens with zero attached hydrogens (tertiary/aromatic N) is 1. The van der Waals surface area contributed by atoms with Crippen LogP contribution in [0.25, 0.3) is 0 Å². The molecule has 0 amide bonds. The van der Waals surface area contributed by atoms with E-state index in [0.717, 1.165) is 16.0 Å². The fourth-order valence-corrected chi connectivity index (χ4v) is 4.85. The van der Waals surface area contributed by atoms with Gasteiger partial charge in [-0.15, -0.1) is 11.3 Å². The highest BCUT2D eigenvalue weighted by molar-refractivity contribution is 7.89. The number of sulfonamides is 1. The number of benzene rings is 2. The number of aryl methyl sites for hydroxylation is 2. The summed E-state index contributed by atoms with van der Waals surface area (Å²) in [4.78, 5) is 5.56. The van der Waals surface area contributed by atoms with Gasteiger partial charge in [-0.05, 0) is 43.2 Å². The Hall–Kier alpha value is -2.09. The first-order valence-corrected chi connectivity index (χ1v) is 10.4. The van der Waals surface area contributed by atoms with E-state index in [9.17, 15) is 12.8 Å². The van der Waals surface area contributed by atoms with Gasteiger partial charge in [-0.25, -0.2) is 22.5 Å². The van der Waals surface area contributed by atoms with Crippen molar-refractivity contribution in [2.75, 3.05) is 0 Å². The van der Waals surface area contributed by atoms with Gasteiger partial charge in [0.05, 0.1) is 11.4 Å². The molecule has 1 heterocycles. The second kappa shape index (κ2) is 7.65. The van der Waals surface area contributed by atoms with E-state index in [1.54, 1.807) is 37.4 Å². The van der Waals surface area contributed by atoms with Gasteiger partial charge in [0.25, 0.3) is 0 Å². The average Bonchev–Trinajstić information content (AvgIpc) is 3.02. The van der Waals surface area contributed by atoms with Gasteiger partial charge in [0, 0.05) is 17.5 Å². The lowest BCUT2D eigenvalue weighted by Crippen LogP contribution is -2.23. The molecule has 7 heteroatoms. The number of nitrogens with one attached hydrogen (secondary N) is 1. The van der Waals surface area contributed by atoms with Crippen molar-refractivity contribution < 1.29 is 12.8 Å². The van der Waals surface area contributed by atoms with Crippen molar-refractivity contribution in [3.8, 4) is 0 Å². The minimum atomic E-state index is -3.59. The Labute approximate surface area is 156 Å². The van der Waals surface area contributed by atoms with E-state index >= 15 is 0 Å². The summed E-state index contributed by atoms with van der Waals surface area (Å²) in [5, 5.41) is 0.690. The third-order valence-electron chi connectivity index (χ3n) is 3.93. The Morgan fingerprint density at radius 3 is 2.54 bits per heavy atom. The number of hydrogen-bond donors (Lipinski definition) is 1. The quantitative estimate of drug-likeness (QED) is 0.693. The third kappa shape index (κ3) is 4.55. The van der Waals surface area contributed by atoms with Crippen LogP contribution in [0.3, 0.4) is 0 Å². The largest absolute Gasteiger partial charge is 0.248 e. The molecule has 0 unspecified atom stereocenters. The molecule has 0 spiro atoms. The molecular weight excluding hydrogens is 371 g/mol. The van der Waals surface area contributed by atoms with Crippen LogP contribution in [0.1, 0.15) is 26.6 Å². The van der Waals surface area contributed by atoms with Gasteiger partial charge in [0.1, 0.15) is 10.8 Å². The summed E-state index contributed by atoms with van der Waals surface area (Å²) < 4.78 is 40.6. The van der Waals surface area contributed by atoms with E-state index in [0.29, 0.717) is 17.0 Å². The molecule has 4 nitrogen and oxygen atoms in total. The highest BCUT2D eigenvalue weighted by Gasteiger charge is 2.17. The summed E-state index contributed by atoms with van der Waals surface area (Å²) in [6.45, 7) is 3.85. The summed E-state index contributed by atoms with van der Waals surface area (Å²) >= 11 is 1.44. The fourth-order valence-electron chi connectivity index (χ4n) is 2.65. The summed E-state index contributed by atoms with van der Waals surface area (Å²) in [5.41, 5.74) is 2.72. The zero-order valence-electron chi connectivity index (χ0n) is 14.5. The zero-order chi connectivity index (χ0) is 18.7. The van der Waals surface area contributed by atoms with Gasteiger partial charge in [0.15, 0.2) is 0 Å². The van der Waals surface area contributed by atoms with Crippen LogP contribution in [0, 0.1) is 19.7 Å². The minimum Gasteiger partial charge on any atom is -0.248 e. The monoisotopic (exact) mass is 390 g/mol. The maximum Gasteiger partial charge on any atom is 0.241 e. The first-order valence-electron chi connectivity index (χ1n) is 8.08. The van der Waals surface area contributed by atoms with Crippen molar-refractivity contribution in [1.29, 1.82) is 0 Å². The second-order valence-corrected chi connectivity index (χ2v) is 9.05. The van der Waals surface area contributed by atoms with Crippen LogP contribution in [0.15, 0.2) is 53.6 Å². The standard InChI is InChI=1S/C19H19FN2O2S2/c1-13-3-8-18(14(2)9-13)26(23,24)22-12-19-21-11-17(25-19)10-15-4-6-16(20)7-5-15/h3-9,11,22H,10,12H2,1-2H3. The smallest absolute Gasteiger partial charge is 0.241 e. The zero-order valence-corrected chi connectivity index (χ0v) is 16.1. The van der Waals surface area contributed by atoms with Crippen molar-refractivity contribution in [1.82, 2.24) is 9.71 Å². The molecule has 0 saturated carbocycles. The fraction of sp³-hybridized carbons (Fsp3) is 0.211. The van der Waals surface area contributed by atoms with Crippen LogP contribution in [0.2, 0.25) is 0 Å². The summed E-state index contributed by atoms with van der Waals surface area (Å²) in [7, 11) is -3.59. The molecule has 0 radical (unpaired) electrons. The van der Waals surface area contributed by atoms with E-state index in [1.807, 2.05) is 13.0 Å². The number of thiazole rings is 1. The van der Waals surface area contributed by atoms with Crippen molar-refractivity contribution in [2.45, 2.75) is 31.7 Å². The third-order valence-corrected chi connectivity index (χ3v) is 6.49. The summed E-state index contributed by atoms with van der Waals surface area (Å²) in [5.74, 6) is -0.264. The first kappa shape index (κ1) is 18.7. The maximum atomic E-state index is 13.0. The van der Waals surface area contributed by atoms with E-state index in [2.05, 4.69) is 9.71 Å². The van der Waals surface area contributed by atoms with Crippen LogP contribution in [0.5, 0.6) is 0 Å². The first-order chi connectivity index (χ1) is 12.3. The molecule has 0 aliphatic heterocycles. The highest BCUT2D eigenvalue weighted by atomic mass is 32.2. The minimum absolute atomic E-state index is 0.143. The predicted molar refractivity (Wildman–Crippen MR) is 101 cm³/mol. The van der Waals surface area contributed by atoms with E-state index in [1.165, 1.54) is 23.5 Å². The summed E-state index contributed by atoms with van der Waals surface area (Å²) in [6, 6.07) is 11.6. The van der Waals surface area contributed by atoms with Gasteiger partial charge in [-0.2, -0.15) is 0 Å². The number of rotatable bonds is 6. The Balaban J connectivity index is 1.66. The molecule has 0 saturated heterocycles. The Morgan fingerprint density at radius 2 is 1.85 bits per heavy atom. The molecular formula is C19H19FN2O2S2. The molecule has 0 aliphatic carbocycles. The van der Waals surface area contributed by atoms with Crippen LogP contribution in [-0.4, -0.2) is 13.4 Å². The molecule has 3 aromatic rings. The lowest BCUT2D eigenvalue weighted by molar-refractivity contribution is 0.580. The average molecular weight is 391 g/mol. The van der Waals surface area contributed by atoms with Crippen LogP contribution < -0.4 is 4.72 Å².